The smallest absolute Gasteiger partial charge is 0.338 e. The van der Waals surface area contributed by atoms with Gasteiger partial charge in [-0.2, -0.15) is 13.2 Å². The van der Waals surface area contributed by atoms with Crippen molar-refractivity contribution in [1.82, 2.24) is 5.32 Å². The van der Waals surface area contributed by atoms with Crippen LogP contribution in [-0.4, -0.2) is 29.8 Å². The molecule has 0 aliphatic rings. The highest BCUT2D eigenvalue weighted by molar-refractivity contribution is 7.15. The largest absolute Gasteiger partial charge is 0.408 e. The van der Waals surface area contributed by atoms with Crippen molar-refractivity contribution in [3.05, 3.63) is 50.4 Å². The van der Waals surface area contributed by atoms with Crippen molar-refractivity contribution >= 4 is 46.2 Å². The number of ketones is 1. The molecule has 1 aromatic carbocycles. The van der Waals surface area contributed by atoms with Crippen molar-refractivity contribution < 1.29 is 31.9 Å². The summed E-state index contributed by atoms with van der Waals surface area (Å²) in [5, 5.41) is 3.82. The molecular formula is C17H13ClF4N2O3S. The number of thiophene rings is 1. The van der Waals surface area contributed by atoms with E-state index in [4.69, 9.17) is 11.6 Å². The van der Waals surface area contributed by atoms with Gasteiger partial charge in [0, 0.05) is 10.6 Å². The number of alkyl halides is 3. The van der Waals surface area contributed by atoms with Crippen LogP contribution in [0.4, 0.5) is 23.2 Å². The highest BCUT2D eigenvalue weighted by Gasteiger charge is 2.38. The second-order valence-corrected chi connectivity index (χ2v) is 7.39. The second-order valence-electron chi connectivity index (χ2n) is 5.73. The summed E-state index contributed by atoms with van der Waals surface area (Å²) in [5.74, 6) is -3.94. The Morgan fingerprint density at radius 3 is 2.39 bits per heavy atom. The lowest BCUT2D eigenvalue weighted by Gasteiger charge is -2.16. The quantitative estimate of drug-likeness (QED) is 0.415. The summed E-state index contributed by atoms with van der Waals surface area (Å²) in [4.78, 5) is 36.3. The molecule has 2 N–H and O–H groups in total. The molecule has 28 heavy (non-hydrogen) atoms. The lowest BCUT2D eigenvalue weighted by Crippen LogP contribution is -2.45. The summed E-state index contributed by atoms with van der Waals surface area (Å²) in [6, 6.07) is 2.43. The van der Waals surface area contributed by atoms with Crippen molar-refractivity contribution in [1.29, 1.82) is 0 Å². The molecule has 2 aromatic rings. The fraction of sp³-hybridized carbons (Fsp3) is 0.235. The molecule has 0 unspecified atom stereocenters. The van der Waals surface area contributed by atoms with E-state index in [1.165, 1.54) is 19.1 Å². The van der Waals surface area contributed by atoms with Crippen LogP contribution >= 0.6 is 22.9 Å². The minimum absolute atomic E-state index is 0.0467. The van der Waals surface area contributed by atoms with Crippen molar-refractivity contribution in [2.24, 2.45) is 0 Å². The first-order valence-corrected chi connectivity index (χ1v) is 8.88. The van der Waals surface area contributed by atoms with Crippen LogP contribution in [0.2, 0.25) is 5.02 Å². The van der Waals surface area contributed by atoms with E-state index in [1.807, 2.05) is 0 Å². The second kappa shape index (κ2) is 8.27. The Morgan fingerprint density at radius 2 is 1.82 bits per heavy atom. The molecule has 0 spiro atoms. The Hall–Kier alpha value is -2.46. The lowest BCUT2D eigenvalue weighted by molar-refractivity contribution is -0.156. The number of hydrogen-bond acceptors (Lipinski definition) is 4. The summed E-state index contributed by atoms with van der Waals surface area (Å²) >= 11 is 6.43. The summed E-state index contributed by atoms with van der Waals surface area (Å²) in [5.41, 5.74) is 0.247. The van der Waals surface area contributed by atoms with Gasteiger partial charge in [-0.05, 0) is 38.1 Å². The Kier molecular flexibility index (Phi) is 6.45. The Balaban J connectivity index is 2.15. The number of amides is 2. The van der Waals surface area contributed by atoms with E-state index < -0.39 is 35.6 Å². The van der Waals surface area contributed by atoms with Crippen LogP contribution < -0.4 is 10.6 Å². The topological polar surface area (TPSA) is 75.3 Å². The van der Waals surface area contributed by atoms with Gasteiger partial charge < -0.3 is 10.6 Å². The maximum absolute atomic E-state index is 13.2. The van der Waals surface area contributed by atoms with Crippen LogP contribution in [0.15, 0.2) is 24.3 Å². The average Bonchev–Trinajstić information content (AvgIpc) is 2.98. The molecule has 0 aliphatic heterocycles. The fourth-order valence-electron chi connectivity index (χ4n) is 2.05. The Bertz CT molecular complexity index is 943. The number of hydrogen-bond donors (Lipinski definition) is 2. The first kappa shape index (κ1) is 21.8. The molecule has 0 radical (unpaired) electrons. The van der Waals surface area contributed by atoms with Crippen molar-refractivity contribution in [3.8, 4) is 0 Å². The van der Waals surface area contributed by atoms with E-state index in [2.05, 4.69) is 5.32 Å². The first-order chi connectivity index (χ1) is 12.9. The standard InChI is InChI=1S/C17H13ClF4N2O3S/c1-7-10(15(26)24-9-3-4-12(19)11(18)5-9)6-13(28-7)14(25)16(27)23-8(2)17(20,21)22/h3-6,8H,1-2H3,(H,23,27)(H,24,26)/t8-/m1/s1. The predicted molar refractivity (Wildman–Crippen MR) is 96.4 cm³/mol. The van der Waals surface area contributed by atoms with Gasteiger partial charge in [0.15, 0.2) is 0 Å². The van der Waals surface area contributed by atoms with Gasteiger partial charge in [-0.1, -0.05) is 11.6 Å². The number of benzene rings is 1. The maximum atomic E-state index is 13.2. The fourth-order valence-corrected chi connectivity index (χ4v) is 3.18. The third-order valence-electron chi connectivity index (χ3n) is 3.61. The summed E-state index contributed by atoms with van der Waals surface area (Å²) in [6.45, 7) is 2.21. The van der Waals surface area contributed by atoms with E-state index in [0.717, 1.165) is 23.5 Å². The van der Waals surface area contributed by atoms with Gasteiger partial charge in [-0.3, -0.25) is 14.4 Å². The van der Waals surface area contributed by atoms with Crippen LogP contribution in [0.25, 0.3) is 0 Å². The normalized spacial score (nSPS) is 12.4. The minimum Gasteiger partial charge on any atom is -0.338 e. The molecule has 0 saturated heterocycles. The number of carbonyl (C=O) groups is 3. The maximum Gasteiger partial charge on any atom is 0.408 e. The number of rotatable bonds is 5. The molecule has 1 atom stereocenters. The SMILES string of the molecule is Cc1sc(C(=O)C(=O)N[C@H](C)C(F)(F)F)cc1C(=O)Nc1ccc(F)c(Cl)c1. The summed E-state index contributed by atoms with van der Waals surface area (Å²) in [7, 11) is 0. The molecule has 11 heteroatoms. The van der Waals surface area contributed by atoms with E-state index >= 15 is 0 Å². The molecule has 0 aliphatic carbocycles. The van der Waals surface area contributed by atoms with Gasteiger partial charge in [0.05, 0.1) is 15.5 Å². The number of halogens is 5. The number of aryl methyl sites for hydroxylation is 1. The van der Waals surface area contributed by atoms with Crippen LogP contribution in [0.3, 0.4) is 0 Å². The van der Waals surface area contributed by atoms with Crippen molar-refractivity contribution in [2.45, 2.75) is 26.1 Å². The molecule has 1 aromatic heterocycles. The molecule has 0 saturated carbocycles. The molecule has 2 amide bonds. The first-order valence-electron chi connectivity index (χ1n) is 7.69. The Labute approximate surface area is 165 Å². The highest BCUT2D eigenvalue weighted by atomic mass is 35.5. The highest BCUT2D eigenvalue weighted by Crippen LogP contribution is 2.25. The molecule has 0 bridgehead atoms. The van der Waals surface area contributed by atoms with Gasteiger partial charge >= 0.3 is 6.18 Å². The minimum atomic E-state index is -4.69. The van der Waals surface area contributed by atoms with Crippen LogP contribution in [0.1, 0.15) is 31.8 Å². The third kappa shape index (κ3) is 5.08. The van der Waals surface area contributed by atoms with Gasteiger partial charge in [-0.15, -0.1) is 11.3 Å². The lowest BCUT2D eigenvalue weighted by atomic mass is 10.2. The molecule has 5 nitrogen and oxygen atoms in total. The van der Waals surface area contributed by atoms with Crippen molar-refractivity contribution in [3.63, 3.8) is 0 Å². The predicted octanol–water partition coefficient (Wildman–Crippen LogP) is 4.35. The summed E-state index contributed by atoms with van der Waals surface area (Å²) in [6.07, 6.45) is -4.69. The molecule has 2 rings (SSSR count). The van der Waals surface area contributed by atoms with Crippen LogP contribution in [0.5, 0.6) is 0 Å². The monoisotopic (exact) mass is 436 g/mol. The van der Waals surface area contributed by atoms with E-state index in [1.54, 1.807) is 5.32 Å². The van der Waals surface area contributed by atoms with Crippen LogP contribution in [-0.2, 0) is 4.79 Å². The molecule has 1 heterocycles. The van der Waals surface area contributed by atoms with E-state index in [-0.39, 0.29) is 21.2 Å². The number of anilines is 1. The van der Waals surface area contributed by atoms with Gasteiger partial charge in [0.25, 0.3) is 17.6 Å². The van der Waals surface area contributed by atoms with Crippen LogP contribution in [0, 0.1) is 12.7 Å². The van der Waals surface area contributed by atoms with E-state index in [0.29, 0.717) is 11.8 Å². The van der Waals surface area contributed by atoms with Crippen molar-refractivity contribution in [2.75, 3.05) is 5.32 Å². The van der Waals surface area contributed by atoms with Gasteiger partial charge in [0.1, 0.15) is 11.9 Å². The zero-order valence-electron chi connectivity index (χ0n) is 14.4. The summed E-state index contributed by atoms with van der Waals surface area (Å²) < 4.78 is 50.7. The molecule has 0 fully saturated rings. The zero-order valence-corrected chi connectivity index (χ0v) is 16.0. The number of nitrogens with one attached hydrogen (secondary N) is 2. The Morgan fingerprint density at radius 1 is 1.18 bits per heavy atom. The zero-order chi connectivity index (χ0) is 21.2. The molecular weight excluding hydrogens is 424 g/mol. The average molecular weight is 437 g/mol. The third-order valence-corrected chi connectivity index (χ3v) is 4.95. The van der Waals surface area contributed by atoms with Gasteiger partial charge in [0.2, 0.25) is 0 Å². The van der Waals surface area contributed by atoms with E-state index in [9.17, 15) is 31.9 Å². The molecule has 150 valence electrons. The number of Topliss-reactive ketones (excluding diaryl/α,β-unsaturated/α-hetero) is 1. The van der Waals surface area contributed by atoms with Gasteiger partial charge in [-0.25, -0.2) is 4.39 Å². The number of carbonyl (C=O) groups excluding carboxylic acids is 3.